The second-order valence-electron chi connectivity index (χ2n) is 6.54. The van der Waals surface area contributed by atoms with Crippen LogP contribution < -0.4 is 32.1 Å². The molecule has 0 amide bonds. The first kappa shape index (κ1) is 21.0. The Kier molecular flexibility index (Phi) is 6.92. The van der Waals surface area contributed by atoms with Crippen molar-refractivity contribution in [1.82, 2.24) is 4.98 Å². The minimum absolute atomic E-state index is 0.169. The summed E-state index contributed by atoms with van der Waals surface area (Å²) in [5.74, 6) is 1.33. The van der Waals surface area contributed by atoms with Gasteiger partial charge < -0.3 is 0 Å². The molecule has 0 radical (unpaired) electrons. The number of pyridine rings is 1. The van der Waals surface area contributed by atoms with Crippen molar-refractivity contribution in [3.63, 3.8) is 0 Å². The third-order valence-corrected chi connectivity index (χ3v) is 5.81. The van der Waals surface area contributed by atoms with E-state index in [0.29, 0.717) is 11.1 Å². The molecule has 1 unspecified atom stereocenters. The van der Waals surface area contributed by atoms with Gasteiger partial charge in [-0.3, -0.25) is 0 Å². The molecule has 0 fully saturated rings. The summed E-state index contributed by atoms with van der Waals surface area (Å²) in [5.41, 5.74) is 10.9. The Morgan fingerprint density at radius 3 is 2.54 bits per heavy atom. The van der Waals surface area contributed by atoms with Gasteiger partial charge in [-0.05, 0) is 0 Å². The van der Waals surface area contributed by atoms with Gasteiger partial charge in [-0.2, -0.15) is 0 Å². The molecule has 3 rings (SSSR count). The normalized spacial score (nSPS) is 15.1. The summed E-state index contributed by atoms with van der Waals surface area (Å²) in [6, 6.07) is 7.73. The van der Waals surface area contributed by atoms with Crippen molar-refractivity contribution in [2.75, 3.05) is 13.2 Å². The first-order valence-corrected chi connectivity index (χ1v) is 11.2. The molecule has 1 aliphatic heterocycles. The van der Waals surface area contributed by atoms with Gasteiger partial charge in [0.25, 0.3) is 0 Å². The van der Waals surface area contributed by atoms with E-state index < -0.39 is 27.7 Å². The molecule has 2 aromatic rings. The van der Waals surface area contributed by atoms with E-state index in [2.05, 4.69) is 4.98 Å². The summed E-state index contributed by atoms with van der Waals surface area (Å²) in [4.78, 5) is 8.89. The molecule has 0 saturated heterocycles. The number of aliphatic hydroxyl groups is 1. The molecule has 8 heteroatoms. The number of aromatic nitrogens is 1. The Balaban J connectivity index is 1.88. The molecule has 6 nitrogen and oxygen atoms in total. The van der Waals surface area contributed by atoms with E-state index >= 15 is 0 Å². The summed E-state index contributed by atoms with van der Waals surface area (Å²) >= 11 is 5.46. The average Bonchev–Trinajstić information content (AvgIpc) is 2.66. The van der Waals surface area contributed by atoms with Crippen LogP contribution in [0, 0.1) is 20.8 Å². The number of nitrogens with zero attached hydrogens (tertiary/aromatic N) is 2. The Hall–Kier alpha value is -1.68. The molecule has 1 aromatic carbocycles. The van der Waals surface area contributed by atoms with E-state index in [0.717, 1.165) is 39.4 Å². The molecule has 150 valence electrons. The van der Waals surface area contributed by atoms with Gasteiger partial charge in [0, 0.05) is 0 Å². The van der Waals surface area contributed by atoms with Crippen LogP contribution in [0.5, 0.6) is 5.75 Å². The van der Waals surface area contributed by atoms with E-state index in [1.54, 1.807) is 6.07 Å². The minimum atomic E-state index is -0.677. The molecule has 0 bridgehead atoms. The van der Waals surface area contributed by atoms with Crippen molar-refractivity contribution in [3.05, 3.63) is 61.4 Å². The Bertz CT molecular complexity index is 903. The van der Waals surface area contributed by atoms with Crippen LogP contribution >= 0.6 is 11.6 Å². The van der Waals surface area contributed by atoms with E-state index in [1.807, 2.05) is 43.1 Å². The Morgan fingerprint density at radius 2 is 1.89 bits per heavy atom. The van der Waals surface area contributed by atoms with E-state index in [1.165, 1.54) is 0 Å². The number of rotatable bonds is 6. The molecule has 3 N–H and O–H groups in total. The summed E-state index contributed by atoms with van der Waals surface area (Å²) in [7, 11) is 0. The molecule has 1 atom stereocenters. The molecule has 1 aliphatic rings. The van der Waals surface area contributed by atoms with E-state index in [-0.39, 0.29) is 13.2 Å². The zero-order valence-corrected chi connectivity index (χ0v) is 18.8. The van der Waals surface area contributed by atoms with Gasteiger partial charge >= 0.3 is 181 Å². The first-order chi connectivity index (χ1) is 13.4. The van der Waals surface area contributed by atoms with Crippen molar-refractivity contribution in [2.45, 2.75) is 26.9 Å². The molecular weight excluding hydrogens is 493 g/mol. The predicted octanol–water partition coefficient (Wildman–Crippen LogP) is 0.138. The number of benzene rings is 1. The average molecular weight is 515 g/mol. The number of hydrogen-bond acceptors (Lipinski definition) is 6. The number of nitrogens with two attached hydrogens (primary N) is 1. The standard InChI is InChI=1S/C20H22ClIN3O3/c1-11-4-14(5-12(2)19(11)27-10-16(26)9-23)17-8-22-28-20(25-17)15-6-13(3)24-18(21)7-15/h4-8,16,26H,9-10,23H2,1-3H3/q-1. The number of halogens is 2. The molecular formula is C20H22ClIN3O3-. The first-order valence-electron chi connectivity index (χ1n) is 8.73. The van der Waals surface area contributed by atoms with Gasteiger partial charge in [-0.1, -0.05) is 0 Å². The third-order valence-electron chi connectivity index (χ3n) is 4.10. The second-order valence-corrected chi connectivity index (χ2v) is 8.50. The molecule has 1 aromatic heterocycles. The molecule has 28 heavy (non-hydrogen) atoms. The fourth-order valence-electron chi connectivity index (χ4n) is 2.82. The van der Waals surface area contributed by atoms with Crippen LogP contribution in [-0.4, -0.2) is 35.2 Å². The van der Waals surface area contributed by atoms with Crippen molar-refractivity contribution in [1.29, 1.82) is 0 Å². The second kappa shape index (κ2) is 9.21. The van der Waals surface area contributed by atoms with Crippen molar-refractivity contribution >= 4 is 23.2 Å². The summed E-state index contributed by atoms with van der Waals surface area (Å²) < 4.78 is 13.6. The Morgan fingerprint density at radius 1 is 1.18 bits per heavy atom. The molecule has 0 spiro atoms. The van der Waals surface area contributed by atoms with Gasteiger partial charge in [0.05, 0.1) is 0 Å². The fraction of sp³-hybridized carbons (Fsp3) is 0.300. The number of ether oxygens (including phenoxy) is 1. The summed E-state index contributed by atoms with van der Waals surface area (Å²) in [6.07, 6.45) is -0.677. The van der Waals surface area contributed by atoms with Gasteiger partial charge in [-0.15, -0.1) is 0 Å². The van der Waals surface area contributed by atoms with Crippen LogP contribution in [0.2, 0.25) is 5.15 Å². The van der Waals surface area contributed by atoms with Crippen LogP contribution in [0.4, 0.5) is 0 Å². The Labute approximate surface area is 180 Å². The zero-order chi connectivity index (χ0) is 20.3. The number of aliphatic hydroxyl groups excluding tert-OH is 1. The molecule has 0 aliphatic carbocycles. The maximum absolute atomic E-state index is 9.63. The van der Waals surface area contributed by atoms with Crippen LogP contribution in [0.3, 0.4) is 0 Å². The topological polar surface area (TPSA) is 90.0 Å². The predicted molar refractivity (Wildman–Crippen MR) is 106 cm³/mol. The van der Waals surface area contributed by atoms with Crippen molar-refractivity contribution < 1.29 is 34.5 Å². The number of aliphatic imine (C=N–C) groups is 1. The molecule has 0 saturated carbocycles. The number of hydrogen-bond donors (Lipinski definition) is 2. The third kappa shape index (κ3) is 5.02. The van der Waals surface area contributed by atoms with Crippen LogP contribution in [-0.2, 0) is 3.07 Å². The van der Waals surface area contributed by atoms with E-state index in [4.69, 9.17) is 30.1 Å². The monoisotopic (exact) mass is 514 g/mol. The van der Waals surface area contributed by atoms with Crippen LogP contribution in [0.15, 0.2) is 33.3 Å². The van der Waals surface area contributed by atoms with E-state index in [9.17, 15) is 5.11 Å². The quantitative estimate of drug-likeness (QED) is 0.423. The fourth-order valence-corrected chi connectivity index (χ4v) is 4.53. The number of aryl methyl sites for hydroxylation is 3. The molecule has 2 heterocycles. The van der Waals surface area contributed by atoms with Gasteiger partial charge in [-0.25, -0.2) is 0 Å². The van der Waals surface area contributed by atoms with Crippen molar-refractivity contribution in [3.8, 4) is 5.75 Å². The SMILES string of the molecule is Cc1cc(C2=NC(c3cc(C)c(OCC(O)CN)c(C)c3)=C[I-]O2)cc(Cl)n1. The summed E-state index contributed by atoms with van der Waals surface area (Å²) in [6.45, 7) is 6.18. The van der Waals surface area contributed by atoms with Gasteiger partial charge in [0.1, 0.15) is 0 Å². The van der Waals surface area contributed by atoms with Crippen LogP contribution in [0.25, 0.3) is 5.70 Å². The van der Waals surface area contributed by atoms with Gasteiger partial charge in [0.2, 0.25) is 0 Å². The summed E-state index contributed by atoms with van der Waals surface area (Å²) in [5, 5.41) is 10.1. The van der Waals surface area contributed by atoms with Crippen molar-refractivity contribution in [2.24, 2.45) is 10.7 Å². The van der Waals surface area contributed by atoms with Crippen LogP contribution in [0.1, 0.15) is 27.9 Å². The van der Waals surface area contributed by atoms with Gasteiger partial charge in [0.15, 0.2) is 0 Å². The zero-order valence-electron chi connectivity index (χ0n) is 15.9. The maximum atomic E-state index is 9.63.